The molecule has 0 bridgehead atoms. The highest BCUT2D eigenvalue weighted by Crippen LogP contribution is 2.50. The van der Waals surface area contributed by atoms with Crippen molar-refractivity contribution in [3.63, 3.8) is 0 Å². The van der Waals surface area contributed by atoms with Gasteiger partial charge in [-0.25, -0.2) is 14.6 Å². The van der Waals surface area contributed by atoms with Gasteiger partial charge in [-0.05, 0) is 81.9 Å². The van der Waals surface area contributed by atoms with Crippen LogP contribution < -0.4 is 14.4 Å². The number of benzene rings is 2. The maximum Gasteiger partial charge on any atom is 0.237 e. The molecule has 0 unspecified atom stereocenters. The van der Waals surface area contributed by atoms with Gasteiger partial charge in [-0.3, -0.25) is 9.59 Å². The second kappa shape index (κ2) is 13.9. The summed E-state index contributed by atoms with van der Waals surface area (Å²) < 4.78 is 13.3. The number of fused-ring (bicyclic) bond motifs is 3. The van der Waals surface area contributed by atoms with Crippen LogP contribution in [0.4, 0.5) is 5.82 Å². The van der Waals surface area contributed by atoms with Crippen LogP contribution in [0.5, 0.6) is 11.5 Å². The van der Waals surface area contributed by atoms with E-state index < -0.39 is 5.54 Å². The van der Waals surface area contributed by atoms with Crippen LogP contribution in [0, 0.1) is 12.8 Å². The van der Waals surface area contributed by atoms with Crippen molar-refractivity contribution in [2.75, 3.05) is 72.5 Å². The number of methoxy groups -OCH3 is 2. The monoisotopic (exact) mass is 680 g/mol. The van der Waals surface area contributed by atoms with E-state index in [0.717, 1.165) is 54.5 Å². The number of hydrogen-bond donors (Lipinski definition) is 0. The van der Waals surface area contributed by atoms with Gasteiger partial charge in [-0.2, -0.15) is 5.10 Å². The highest BCUT2D eigenvalue weighted by molar-refractivity contribution is 5.87. The Balaban J connectivity index is 1.04. The molecule has 264 valence electrons. The first kappa shape index (κ1) is 33.8. The Labute approximate surface area is 294 Å². The zero-order valence-electron chi connectivity index (χ0n) is 29.9. The third-order valence-electron chi connectivity index (χ3n) is 10.9. The van der Waals surface area contributed by atoms with Gasteiger partial charge in [0, 0.05) is 38.6 Å². The molecule has 2 aromatic heterocycles. The molecule has 7 rings (SSSR count). The minimum atomic E-state index is -0.474. The van der Waals surface area contributed by atoms with E-state index >= 15 is 0 Å². The zero-order valence-corrected chi connectivity index (χ0v) is 29.9. The molecular weight excluding hydrogens is 632 g/mol. The van der Waals surface area contributed by atoms with Gasteiger partial charge in [0.25, 0.3) is 0 Å². The minimum absolute atomic E-state index is 0.0749. The molecular formula is C38H48N8O4. The van der Waals surface area contributed by atoms with Crippen LogP contribution in [0.2, 0.25) is 0 Å². The fourth-order valence-electron chi connectivity index (χ4n) is 8.38. The maximum atomic E-state index is 14.0. The van der Waals surface area contributed by atoms with E-state index in [-0.39, 0.29) is 17.7 Å². The number of piperazine rings is 1. The van der Waals surface area contributed by atoms with Gasteiger partial charge in [0.2, 0.25) is 11.8 Å². The fraction of sp³-hybridized carbons (Fsp3) is 0.500. The number of aromatic nitrogens is 4. The number of carbonyl (C=O) groups is 2. The van der Waals surface area contributed by atoms with Crippen molar-refractivity contribution in [3.8, 4) is 11.5 Å². The second-order valence-corrected chi connectivity index (χ2v) is 14.2. The topological polar surface area (TPSA) is 109 Å². The lowest BCUT2D eigenvalue weighted by atomic mass is 9.68. The van der Waals surface area contributed by atoms with Crippen LogP contribution >= 0.6 is 0 Å². The smallest absolute Gasteiger partial charge is 0.237 e. The summed E-state index contributed by atoms with van der Waals surface area (Å²) in [6, 6.07) is 12.6. The number of hydrogen-bond acceptors (Lipinski definition) is 9. The second-order valence-electron chi connectivity index (χ2n) is 14.2. The Bertz CT molecular complexity index is 1870. The molecule has 0 radical (unpaired) electrons. The molecule has 4 aromatic rings. The van der Waals surface area contributed by atoms with Crippen LogP contribution in [0.3, 0.4) is 0 Å². The summed E-state index contributed by atoms with van der Waals surface area (Å²) in [4.78, 5) is 45.2. The van der Waals surface area contributed by atoms with Crippen molar-refractivity contribution >= 4 is 28.7 Å². The van der Waals surface area contributed by atoms with E-state index in [2.05, 4.69) is 68.2 Å². The van der Waals surface area contributed by atoms with Crippen LogP contribution in [-0.4, -0.2) is 114 Å². The van der Waals surface area contributed by atoms with E-state index in [1.165, 1.54) is 16.7 Å². The quantitative estimate of drug-likeness (QED) is 0.274. The molecule has 2 fully saturated rings. The predicted octanol–water partition coefficient (Wildman–Crippen LogP) is 3.88. The Morgan fingerprint density at radius 2 is 1.70 bits per heavy atom. The first-order valence-electron chi connectivity index (χ1n) is 17.7. The van der Waals surface area contributed by atoms with Gasteiger partial charge in [-0.1, -0.05) is 29.8 Å². The third kappa shape index (κ3) is 6.25. The number of carbonyl (C=O) groups excluding carboxylic acids is 2. The van der Waals surface area contributed by atoms with Gasteiger partial charge >= 0.3 is 0 Å². The first-order chi connectivity index (χ1) is 24.2. The van der Waals surface area contributed by atoms with Gasteiger partial charge in [-0.15, -0.1) is 0 Å². The summed E-state index contributed by atoms with van der Waals surface area (Å²) in [5, 5.41) is 5.59. The molecule has 1 aliphatic carbocycles. The van der Waals surface area contributed by atoms with E-state index in [1.807, 2.05) is 34.8 Å². The molecule has 12 heteroatoms. The Hall–Kier alpha value is -4.71. The third-order valence-corrected chi connectivity index (χ3v) is 10.9. The number of likely N-dealkylation sites (N-methyl/N-ethyl adjacent to an activating group) is 1. The van der Waals surface area contributed by atoms with Crippen LogP contribution in [0.1, 0.15) is 47.9 Å². The normalized spacial score (nSPS) is 20.8. The standard InChI is InChI=1S/C38H48N8O4/c1-26-7-6-8-27(19-26)23-46-36-30(22-41-46)35(39-25-40-36)43-15-17-44(18-16-43)37(48)28-9-12-38(13-10-28)31-21-33(50-5)32(49-4)20-29(31)11-14-45(38)34(47)24-42(2)3/h6-8,19-22,25,28H,9-18,23-24H2,1-5H3. The van der Waals surface area contributed by atoms with E-state index in [9.17, 15) is 9.59 Å². The number of ether oxygens (including phenoxy) is 2. The van der Waals surface area contributed by atoms with Crippen molar-refractivity contribution in [2.45, 2.75) is 51.1 Å². The summed E-state index contributed by atoms with van der Waals surface area (Å²) in [6.07, 6.45) is 7.15. The first-order valence-corrected chi connectivity index (χ1v) is 17.7. The van der Waals surface area contributed by atoms with Crippen molar-refractivity contribution < 1.29 is 19.1 Å². The maximum absolute atomic E-state index is 14.0. The highest BCUT2D eigenvalue weighted by atomic mass is 16.5. The number of aryl methyl sites for hydroxylation is 1. The molecule has 12 nitrogen and oxygen atoms in total. The van der Waals surface area contributed by atoms with Gasteiger partial charge in [0.1, 0.15) is 12.1 Å². The Morgan fingerprint density at radius 3 is 2.40 bits per heavy atom. The average molecular weight is 681 g/mol. The molecule has 2 aliphatic heterocycles. The Morgan fingerprint density at radius 1 is 0.960 bits per heavy atom. The number of rotatable bonds is 8. The SMILES string of the molecule is COc1cc2c(cc1OC)C1(CCC(C(=O)N3CCN(c4ncnc5c4cnn5Cc4cccc(C)c4)CC3)CC1)N(C(=O)CN(C)C)CC2. The molecule has 0 atom stereocenters. The molecule has 2 amide bonds. The summed E-state index contributed by atoms with van der Waals surface area (Å²) in [5.74, 6) is 2.50. The van der Waals surface area contributed by atoms with E-state index in [4.69, 9.17) is 9.47 Å². The molecule has 1 spiro atoms. The van der Waals surface area contributed by atoms with Crippen molar-refractivity contribution in [3.05, 3.63) is 71.2 Å². The lowest BCUT2D eigenvalue weighted by Gasteiger charge is -2.52. The molecule has 3 aliphatic rings. The molecule has 2 aromatic carbocycles. The zero-order chi connectivity index (χ0) is 35.0. The van der Waals surface area contributed by atoms with Gasteiger partial charge in [0.15, 0.2) is 17.1 Å². The summed E-state index contributed by atoms with van der Waals surface area (Å²) in [6.45, 7) is 6.39. The fourth-order valence-corrected chi connectivity index (χ4v) is 8.38. The number of anilines is 1. The molecule has 4 heterocycles. The van der Waals surface area contributed by atoms with Crippen molar-refractivity contribution in [1.29, 1.82) is 0 Å². The van der Waals surface area contributed by atoms with Gasteiger partial charge < -0.3 is 29.1 Å². The van der Waals surface area contributed by atoms with Crippen molar-refractivity contribution in [2.24, 2.45) is 5.92 Å². The van der Waals surface area contributed by atoms with Crippen LogP contribution in [0.15, 0.2) is 48.9 Å². The van der Waals surface area contributed by atoms with E-state index in [0.29, 0.717) is 57.3 Å². The summed E-state index contributed by atoms with van der Waals surface area (Å²) in [5.41, 5.74) is 5.05. The number of amides is 2. The van der Waals surface area contributed by atoms with Crippen LogP contribution in [-0.2, 0) is 28.1 Å². The summed E-state index contributed by atoms with van der Waals surface area (Å²) >= 11 is 0. The Kier molecular flexibility index (Phi) is 9.38. The summed E-state index contributed by atoms with van der Waals surface area (Å²) in [7, 11) is 7.16. The van der Waals surface area contributed by atoms with E-state index in [1.54, 1.807) is 20.5 Å². The molecule has 1 saturated heterocycles. The number of nitrogens with zero attached hydrogens (tertiary/aromatic N) is 8. The van der Waals surface area contributed by atoms with Crippen molar-refractivity contribution in [1.82, 2.24) is 34.4 Å². The molecule has 0 N–H and O–H groups in total. The lowest BCUT2D eigenvalue weighted by molar-refractivity contribution is -0.144. The minimum Gasteiger partial charge on any atom is -0.493 e. The average Bonchev–Trinajstić information content (AvgIpc) is 3.53. The molecule has 1 saturated carbocycles. The lowest BCUT2D eigenvalue weighted by Crippen LogP contribution is -2.57. The largest absolute Gasteiger partial charge is 0.493 e. The molecule has 50 heavy (non-hydrogen) atoms. The van der Waals surface area contributed by atoms with Crippen LogP contribution in [0.25, 0.3) is 11.0 Å². The highest BCUT2D eigenvalue weighted by Gasteiger charge is 2.49. The van der Waals surface area contributed by atoms with Gasteiger partial charge in [0.05, 0.1) is 44.4 Å². The predicted molar refractivity (Wildman–Crippen MR) is 192 cm³/mol.